The summed E-state index contributed by atoms with van der Waals surface area (Å²) in [6, 6.07) is 13.2. The minimum Gasteiger partial charge on any atom is -0.497 e. The number of pyridine rings is 1. The predicted molar refractivity (Wildman–Crippen MR) is 94.6 cm³/mol. The highest BCUT2D eigenvalue weighted by Gasteiger charge is 2.21. The highest BCUT2D eigenvalue weighted by molar-refractivity contribution is 5.89. The highest BCUT2D eigenvalue weighted by Crippen LogP contribution is 2.18. The molecule has 0 saturated carbocycles. The van der Waals surface area contributed by atoms with Crippen LogP contribution in [-0.2, 0) is 0 Å². The molecule has 0 radical (unpaired) electrons. The van der Waals surface area contributed by atoms with E-state index in [1.807, 2.05) is 36.4 Å². The van der Waals surface area contributed by atoms with Crippen molar-refractivity contribution in [2.24, 2.45) is 0 Å². The zero-order chi connectivity index (χ0) is 16.8. The molecule has 0 unspecified atom stereocenters. The van der Waals surface area contributed by atoms with Crippen molar-refractivity contribution in [3.05, 3.63) is 48.7 Å². The van der Waals surface area contributed by atoms with Crippen molar-refractivity contribution in [3.63, 3.8) is 0 Å². The summed E-state index contributed by atoms with van der Waals surface area (Å²) in [6.45, 7) is 1.78. The van der Waals surface area contributed by atoms with Crippen LogP contribution >= 0.6 is 0 Å². The van der Waals surface area contributed by atoms with E-state index in [1.54, 1.807) is 19.4 Å². The number of piperidine rings is 1. The maximum Gasteiger partial charge on any atom is 0.319 e. The number of aromatic nitrogens is 1. The molecular weight excluding hydrogens is 304 g/mol. The molecule has 1 aromatic heterocycles. The van der Waals surface area contributed by atoms with Gasteiger partial charge < -0.3 is 20.3 Å². The van der Waals surface area contributed by atoms with E-state index in [4.69, 9.17) is 4.74 Å². The van der Waals surface area contributed by atoms with Gasteiger partial charge in [0.1, 0.15) is 11.6 Å². The molecule has 6 nitrogen and oxygen atoms in total. The molecule has 1 fully saturated rings. The summed E-state index contributed by atoms with van der Waals surface area (Å²) in [5, 5.41) is 5.89. The van der Waals surface area contributed by atoms with Gasteiger partial charge in [-0.05, 0) is 37.1 Å². The SMILES string of the molecule is COc1cccc(NC(=O)NC2CCN(c3ccccn3)CC2)c1. The lowest BCUT2D eigenvalue weighted by Crippen LogP contribution is -2.46. The molecule has 2 amide bonds. The molecule has 0 atom stereocenters. The summed E-state index contributed by atoms with van der Waals surface area (Å²) in [5.41, 5.74) is 0.720. The molecule has 1 aliphatic rings. The zero-order valence-corrected chi connectivity index (χ0v) is 13.7. The van der Waals surface area contributed by atoms with Crippen LogP contribution in [0.25, 0.3) is 0 Å². The molecule has 1 aliphatic heterocycles. The van der Waals surface area contributed by atoms with E-state index >= 15 is 0 Å². The number of hydrogen-bond acceptors (Lipinski definition) is 4. The second kappa shape index (κ2) is 7.68. The minimum absolute atomic E-state index is 0.176. The molecule has 0 spiro atoms. The Balaban J connectivity index is 1.48. The third-order valence-electron chi connectivity index (χ3n) is 4.13. The summed E-state index contributed by atoms with van der Waals surface area (Å²) >= 11 is 0. The van der Waals surface area contributed by atoms with Gasteiger partial charge in [0, 0.05) is 37.1 Å². The smallest absolute Gasteiger partial charge is 0.319 e. The summed E-state index contributed by atoms with van der Waals surface area (Å²) in [4.78, 5) is 18.8. The topological polar surface area (TPSA) is 66.5 Å². The first-order chi connectivity index (χ1) is 11.7. The maximum absolute atomic E-state index is 12.1. The van der Waals surface area contributed by atoms with Gasteiger partial charge in [0.05, 0.1) is 7.11 Å². The van der Waals surface area contributed by atoms with Crippen molar-refractivity contribution < 1.29 is 9.53 Å². The standard InChI is InChI=1S/C18H22N4O2/c1-24-16-6-4-5-15(13-16)21-18(23)20-14-8-11-22(12-9-14)17-7-2-3-10-19-17/h2-7,10,13-14H,8-9,11-12H2,1H3,(H2,20,21,23). The van der Waals surface area contributed by atoms with E-state index in [0.717, 1.165) is 43.2 Å². The van der Waals surface area contributed by atoms with Crippen LogP contribution in [0.4, 0.5) is 16.3 Å². The van der Waals surface area contributed by atoms with E-state index in [2.05, 4.69) is 20.5 Å². The lowest BCUT2D eigenvalue weighted by atomic mass is 10.1. The number of hydrogen-bond donors (Lipinski definition) is 2. The van der Waals surface area contributed by atoms with Crippen LogP contribution in [0.5, 0.6) is 5.75 Å². The van der Waals surface area contributed by atoms with Crippen molar-refractivity contribution in [1.82, 2.24) is 10.3 Å². The van der Waals surface area contributed by atoms with Crippen molar-refractivity contribution in [2.75, 3.05) is 30.4 Å². The molecular formula is C18H22N4O2. The Morgan fingerprint density at radius 1 is 1.21 bits per heavy atom. The van der Waals surface area contributed by atoms with Crippen molar-refractivity contribution in [1.29, 1.82) is 0 Å². The summed E-state index contributed by atoms with van der Waals surface area (Å²) in [5.74, 6) is 1.72. The number of nitrogens with one attached hydrogen (secondary N) is 2. The van der Waals surface area contributed by atoms with Crippen LogP contribution in [0.15, 0.2) is 48.7 Å². The van der Waals surface area contributed by atoms with Crippen LogP contribution in [0.1, 0.15) is 12.8 Å². The predicted octanol–water partition coefficient (Wildman–Crippen LogP) is 2.88. The first kappa shape index (κ1) is 16.1. The highest BCUT2D eigenvalue weighted by atomic mass is 16.5. The number of methoxy groups -OCH3 is 1. The van der Waals surface area contributed by atoms with Gasteiger partial charge in [0.25, 0.3) is 0 Å². The Kier molecular flexibility index (Phi) is 5.15. The summed E-state index contributed by atoms with van der Waals surface area (Å²) in [6.07, 6.45) is 3.62. The Hall–Kier alpha value is -2.76. The normalized spacial score (nSPS) is 15.0. The van der Waals surface area contributed by atoms with Crippen molar-refractivity contribution in [3.8, 4) is 5.75 Å². The third kappa shape index (κ3) is 4.16. The Morgan fingerprint density at radius 2 is 2.04 bits per heavy atom. The van der Waals surface area contributed by atoms with Gasteiger partial charge in [-0.25, -0.2) is 9.78 Å². The first-order valence-electron chi connectivity index (χ1n) is 8.12. The van der Waals surface area contributed by atoms with E-state index in [1.165, 1.54) is 0 Å². The minimum atomic E-state index is -0.181. The Morgan fingerprint density at radius 3 is 2.75 bits per heavy atom. The first-order valence-corrected chi connectivity index (χ1v) is 8.12. The number of rotatable bonds is 4. The largest absolute Gasteiger partial charge is 0.497 e. The molecule has 1 aromatic carbocycles. The van der Waals surface area contributed by atoms with Gasteiger partial charge in [-0.2, -0.15) is 0 Å². The third-order valence-corrected chi connectivity index (χ3v) is 4.13. The quantitative estimate of drug-likeness (QED) is 0.907. The van der Waals surface area contributed by atoms with E-state index in [0.29, 0.717) is 0 Å². The van der Waals surface area contributed by atoms with Crippen LogP contribution in [0.3, 0.4) is 0 Å². The fourth-order valence-corrected chi connectivity index (χ4v) is 2.85. The van der Waals surface area contributed by atoms with Crippen molar-refractivity contribution in [2.45, 2.75) is 18.9 Å². The number of amides is 2. The van der Waals surface area contributed by atoms with Gasteiger partial charge in [-0.3, -0.25) is 0 Å². The Bertz CT molecular complexity index is 670. The molecule has 126 valence electrons. The molecule has 2 aromatic rings. The number of urea groups is 1. The molecule has 3 rings (SSSR count). The number of anilines is 2. The van der Waals surface area contributed by atoms with Crippen LogP contribution in [-0.4, -0.2) is 37.3 Å². The van der Waals surface area contributed by atoms with Crippen LogP contribution in [0, 0.1) is 0 Å². The second-order valence-electron chi connectivity index (χ2n) is 5.78. The van der Waals surface area contributed by atoms with Crippen LogP contribution in [0.2, 0.25) is 0 Å². The molecule has 2 heterocycles. The second-order valence-corrected chi connectivity index (χ2v) is 5.78. The maximum atomic E-state index is 12.1. The fourth-order valence-electron chi connectivity index (χ4n) is 2.85. The van der Waals surface area contributed by atoms with Crippen molar-refractivity contribution >= 4 is 17.5 Å². The molecule has 24 heavy (non-hydrogen) atoms. The number of carbonyl (C=O) groups is 1. The molecule has 0 aliphatic carbocycles. The lowest BCUT2D eigenvalue weighted by molar-refractivity contribution is 0.246. The zero-order valence-electron chi connectivity index (χ0n) is 13.7. The van der Waals surface area contributed by atoms with Gasteiger partial charge in [0.15, 0.2) is 0 Å². The Labute approximate surface area is 141 Å². The van der Waals surface area contributed by atoms with E-state index in [9.17, 15) is 4.79 Å². The number of benzene rings is 1. The number of ether oxygens (including phenoxy) is 1. The number of nitrogens with zero attached hydrogens (tertiary/aromatic N) is 2. The average Bonchev–Trinajstić information content (AvgIpc) is 2.63. The lowest BCUT2D eigenvalue weighted by Gasteiger charge is -2.33. The van der Waals surface area contributed by atoms with Gasteiger partial charge in [0.2, 0.25) is 0 Å². The van der Waals surface area contributed by atoms with E-state index in [-0.39, 0.29) is 12.1 Å². The van der Waals surface area contributed by atoms with Gasteiger partial charge in [-0.1, -0.05) is 12.1 Å². The summed E-state index contributed by atoms with van der Waals surface area (Å²) < 4.78 is 5.16. The van der Waals surface area contributed by atoms with Gasteiger partial charge >= 0.3 is 6.03 Å². The average molecular weight is 326 g/mol. The monoisotopic (exact) mass is 326 g/mol. The number of carbonyl (C=O) groups excluding carboxylic acids is 1. The molecule has 0 bridgehead atoms. The molecule has 6 heteroatoms. The molecule has 1 saturated heterocycles. The fraction of sp³-hybridized carbons (Fsp3) is 0.333. The van der Waals surface area contributed by atoms with E-state index < -0.39 is 0 Å². The van der Waals surface area contributed by atoms with Crippen LogP contribution < -0.4 is 20.3 Å². The molecule has 2 N–H and O–H groups in total. The summed E-state index contributed by atoms with van der Waals surface area (Å²) in [7, 11) is 1.61. The van der Waals surface area contributed by atoms with Gasteiger partial charge in [-0.15, -0.1) is 0 Å².